The van der Waals surface area contributed by atoms with Gasteiger partial charge in [-0.3, -0.25) is 14.5 Å². The molecule has 1 saturated heterocycles. The van der Waals surface area contributed by atoms with Gasteiger partial charge in [0, 0.05) is 31.5 Å². The minimum Gasteiger partial charge on any atom is -0.501 e. The molecule has 0 saturated carbocycles. The van der Waals surface area contributed by atoms with Crippen LogP contribution in [-0.2, 0) is 19.1 Å². The quantitative estimate of drug-likeness (QED) is 0.617. The Bertz CT molecular complexity index is 493. The molecule has 1 rings (SSSR count). The van der Waals surface area contributed by atoms with Gasteiger partial charge in [0.05, 0.1) is 7.11 Å². The average Bonchev–Trinajstić information content (AvgIpc) is 2.74. The molecule has 0 bridgehead atoms. The van der Waals surface area contributed by atoms with Gasteiger partial charge in [-0.1, -0.05) is 0 Å². The summed E-state index contributed by atoms with van der Waals surface area (Å²) in [5, 5.41) is 2.59. The highest BCUT2D eigenvalue weighted by Crippen LogP contribution is 2.19. The molecule has 0 unspecified atom stereocenters. The summed E-state index contributed by atoms with van der Waals surface area (Å²) in [5.74, 6) is -0.145. The van der Waals surface area contributed by atoms with Gasteiger partial charge in [-0.25, -0.2) is 4.79 Å². The zero-order chi connectivity index (χ0) is 17.6. The highest BCUT2D eigenvalue weighted by Gasteiger charge is 2.31. The highest BCUT2D eigenvalue weighted by molar-refractivity contribution is 6.02. The van der Waals surface area contributed by atoms with Crippen molar-refractivity contribution in [1.82, 2.24) is 10.2 Å². The lowest BCUT2D eigenvalue weighted by Crippen LogP contribution is -2.36. The Hall–Kier alpha value is -2.05. The number of nitrogens with zero attached hydrogens (tertiary/aromatic N) is 1. The zero-order valence-corrected chi connectivity index (χ0v) is 14.5. The fraction of sp³-hybridized carbons (Fsp3) is 0.688. The molecule has 1 heterocycles. The molecule has 0 aromatic rings. The molecule has 1 aliphatic heterocycles. The maximum absolute atomic E-state index is 12.2. The van der Waals surface area contributed by atoms with Gasteiger partial charge < -0.3 is 14.8 Å². The fourth-order valence-electron chi connectivity index (χ4n) is 2.21. The second-order valence-corrected chi connectivity index (χ2v) is 6.48. The first-order chi connectivity index (χ1) is 10.6. The van der Waals surface area contributed by atoms with Crippen molar-refractivity contribution in [3.8, 4) is 0 Å². The number of methoxy groups -OCH3 is 1. The topological polar surface area (TPSA) is 84.9 Å². The van der Waals surface area contributed by atoms with Crippen molar-refractivity contribution < 1.29 is 23.9 Å². The molecule has 130 valence electrons. The molecule has 1 aliphatic rings. The number of carbonyl (C=O) groups excluding carboxylic acids is 3. The number of carbonyl (C=O) groups is 3. The molecule has 7 heteroatoms. The van der Waals surface area contributed by atoms with Crippen LogP contribution in [-0.4, -0.2) is 48.1 Å². The summed E-state index contributed by atoms with van der Waals surface area (Å²) >= 11 is 0. The van der Waals surface area contributed by atoms with Crippen LogP contribution < -0.4 is 5.32 Å². The van der Waals surface area contributed by atoms with Gasteiger partial charge >= 0.3 is 6.09 Å². The van der Waals surface area contributed by atoms with E-state index in [2.05, 4.69) is 5.32 Å². The average molecular weight is 326 g/mol. The summed E-state index contributed by atoms with van der Waals surface area (Å²) in [6.45, 7) is 7.44. The third kappa shape index (κ3) is 6.30. The SMILES string of the molecule is CO/C(=C\C(=O)N1C(=O)CC[C@@H]1C)CCNC(=O)OC(C)(C)C. The number of hydrogen-bond donors (Lipinski definition) is 1. The van der Waals surface area contributed by atoms with E-state index in [0.717, 1.165) is 0 Å². The summed E-state index contributed by atoms with van der Waals surface area (Å²) in [6, 6.07) is -0.0933. The number of ether oxygens (including phenoxy) is 2. The zero-order valence-electron chi connectivity index (χ0n) is 14.5. The summed E-state index contributed by atoms with van der Waals surface area (Å²) < 4.78 is 10.3. The summed E-state index contributed by atoms with van der Waals surface area (Å²) in [6.07, 6.45) is 2.18. The van der Waals surface area contributed by atoms with E-state index in [9.17, 15) is 14.4 Å². The fourth-order valence-corrected chi connectivity index (χ4v) is 2.21. The first kappa shape index (κ1) is 19.0. The Labute approximate surface area is 137 Å². The molecular weight excluding hydrogens is 300 g/mol. The van der Waals surface area contributed by atoms with Crippen LogP contribution >= 0.6 is 0 Å². The van der Waals surface area contributed by atoms with E-state index in [-0.39, 0.29) is 24.4 Å². The van der Waals surface area contributed by atoms with Crippen molar-refractivity contribution >= 4 is 17.9 Å². The molecule has 0 aliphatic carbocycles. The lowest BCUT2D eigenvalue weighted by atomic mass is 10.2. The van der Waals surface area contributed by atoms with E-state index >= 15 is 0 Å². The standard InChI is InChI=1S/C16H26N2O5/c1-11-6-7-13(19)18(11)14(20)10-12(22-5)8-9-17-15(21)23-16(2,3)4/h10-11H,6-9H2,1-5H3,(H,17,21)/b12-10-/t11-/m0/s1. The van der Waals surface area contributed by atoms with Crippen molar-refractivity contribution in [3.63, 3.8) is 0 Å². The number of nitrogens with one attached hydrogen (secondary N) is 1. The minimum atomic E-state index is -0.563. The minimum absolute atomic E-state index is 0.0933. The van der Waals surface area contributed by atoms with Crippen molar-refractivity contribution in [2.24, 2.45) is 0 Å². The van der Waals surface area contributed by atoms with Gasteiger partial charge in [-0.15, -0.1) is 0 Å². The molecule has 3 amide bonds. The van der Waals surface area contributed by atoms with Crippen LogP contribution in [0.15, 0.2) is 11.8 Å². The van der Waals surface area contributed by atoms with Crippen LogP contribution in [0.25, 0.3) is 0 Å². The van der Waals surface area contributed by atoms with Crippen LogP contribution in [0, 0.1) is 0 Å². The van der Waals surface area contributed by atoms with E-state index < -0.39 is 11.7 Å². The molecule has 0 aromatic heterocycles. The third-order valence-corrected chi connectivity index (χ3v) is 3.31. The molecule has 0 aromatic carbocycles. The van der Waals surface area contributed by atoms with E-state index in [4.69, 9.17) is 9.47 Å². The molecule has 0 radical (unpaired) electrons. The first-order valence-corrected chi connectivity index (χ1v) is 7.71. The predicted molar refractivity (Wildman–Crippen MR) is 84.5 cm³/mol. The monoisotopic (exact) mass is 326 g/mol. The summed E-state index contributed by atoms with van der Waals surface area (Å²) in [4.78, 5) is 36.6. The molecule has 7 nitrogen and oxygen atoms in total. The molecular formula is C16H26N2O5. The van der Waals surface area contributed by atoms with E-state index in [1.54, 1.807) is 20.8 Å². The highest BCUT2D eigenvalue weighted by atomic mass is 16.6. The van der Waals surface area contributed by atoms with E-state index in [1.165, 1.54) is 18.1 Å². The lowest BCUT2D eigenvalue weighted by Gasteiger charge is -2.20. The maximum atomic E-state index is 12.2. The Balaban J connectivity index is 2.51. The van der Waals surface area contributed by atoms with Crippen LogP contribution in [0.4, 0.5) is 4.79 Å². The number of alkyl carbamates (subject to hydrolysis) is 1. The summed E-state index contributed by atoms with van der Waals surface area (Å²) in [7, 11) is 1.45. The van der Waals surface area contributed by atoms with Gasteiger partial charge in [-0.2, -0.15) is 0 Å². The normalized spacial score (nSPS) is 18.8. The van der Waals surface area contributed by atoms with Crippen molar-refractivity contribution in [2.45, 2.75) is 58.6 Å². The van der Waals surface area contributed by atoms with Gasteiger partial charge in [0.2, 0.25) is 5.91 Å². The second kappa shape index (κ2) is 7.99. The number of imide groups is 1. The summed E-state index contributed by atoms with van der Waals surface area (Å²) in [5.41, 5.74) is -0.563. The Morgan fingerprint density at radius 3 is 2.52 bits per heavy atom. The van der Waals surface area contributed by atoms with Gasteiger partial charge in [0.15, 0.2) is 0 Å². The van der Waals surface area contributed by atoms with Crippen LogP contribution in [0.3, 0.4) is 0 Å². The van der Waals surface area contributed by atoms with Gasteiger partial charge in [-0.05, 0) is 34.1 Å². The third-order valence-electron chi connectivity index (χ3n) is 3.31. The molecule has 1 fully saturated rings. The molecule has 1 N–H and O–H groups in total. The van der Waals surface area contributed by atoms with E-state index in [1.807, 2.05) is 6.92 Å². The number of rotatable bonds is 5. The largest absolute Gasteiger partial charge is 0.501 e. The lowest BCUT2D eigenvalue weighted by molar-refractivity contribution is -0.140. The van der Waals surface area contributed by atoms with Crippen molar-refractivity contribution in [1.29, 1.82) is 0 Å². The number of hydrogen-bond acceptors (Lipinski definition) is 5. The Morgan fingerprint density at radius 1 is 1.39 bits per heavy atom. The number of amides is 3. The second-order valence-electron chi connectivity index (χ2n) is 6.48. The van der Waals surface area contributed by atoms with Gasteiger partial charge in [0.1, 0.15) is 11.4 Å². The smallest absolute Gasteiger partial charge is 0.407 e. The predicted octanol–water partition coefficient (Wildman–Crippen LogP) is 1.97. The molecule has 1 atom stereocenters. The van der Waals surface area contributed by atoms with Crippen molar-refractivity contribution in [2.75, 3.05) is 13.7 Å². The van der Waals surface area contributed by atoms with Crippen LogP contribution in [0.1, 0.15) is 47.0 Å². The molecule has 0 spiro atoms. The maximum Gasteiger partial charge on any atom is 0.407 e. The number of likely N-dealkylation sites (tertiary alicyclic amines) is 1. The van der Waals surface area contributed by atoms with Crippen molar-refractivity contribution in [3.05, 3.63) is 11.8 Å². The van der Waals surface area contributed by atoms with Gasteiger partial charge in [0.25, 0.3) is 5.91 Å². The Kier molecular flexibility index (Phi) is 6.60. The van der Waals surface area contributed by atoms with E-state index in [0.29, 0.717) is 25.0 Å². The van der Waals surface area contributed by atoms with Crippen LogP contribution in [0.5, 0.6) is 0 Å². The molecule has 23 heavy (non-hydrogen) atoms. The Morgan fingerprint density at radius 2 is 2.04 bits per heavy atom. The van der Waals surface area contributed by atoms with Crippen LogP contribution in [0.2, 0.25) is 0 Å². The first-order valence-electron chi connectivity index (χ1n) is 7.71.